The molecule has 1 rings (SSSR count). The highest BCUT2D eigenvalue weighted by Crippen LogP contribution is 2.09. The summed E-state index contributed by atoms with van der Waals surface area (Å²) < 4.78 is 10.1. The maximum absolute atomic E-state index is 11.7. The van der Waals surface area contributed by atoms with E-state index in [-0.39, 0.29) is 13.0 Å². The summed E-state index contributed by atoms with van der Waals surface area (Å²) in [5.41, 5.74) is 5.90. The van der Waals surface area contributed by atoms with Crippen LogP contribution in [0, 0.1) is 0 Å². The first kappa shape index (κ1) is 16.2. The molecule has 20 heavy (non-hydrogen) atoms. The minimum Gasteiger partial charge on any atom is -0.460 e. The van der Waals surface area contributed by atoms with Crippen molar-refractivity contribution in [1.82, 2.24) is 0 Å². The summed E-state index contributed by atoms with van der Waals surface area (Å²) in [7, 11) is 0. The Balaban J connectivity index is 2.38. The predicted molar refractivity (Wildman–Crippen MR) is 74.7 cm³/mol. The van der Waals surface area contributed by atoms with E-state index in [1.807, 2.05) is 30.3 Å². The van der Waals surface area contributed by atoms with Crippen molar-refractivity contribution in [3.05, 3.63) is 35.9 Å². The van der Waals surface area contributed by atoms with Crippen molar-refractivity contribution < 1.29 is 19.1 Å². The fraction of sp³-hybridized carbons (Fsp3) is 0.467. The Hall–Kier alpha value is -1.88. The average Bonchev–Trinajstić information content (AvgIpc) is 2.34. The van der Waals surface area contributed by atoms with Crippen LogP contribution in [0.1, 0.15) is 32.8 Å². The fourth-order valence-electron chi connectivity index (χ4n) is 1.48. The highest BCUT2D eigenvalue weighted by Gasteiger charge is 2.23. The van der Waals surface area contributed by atoms with Crippen LogP contribution < -0.4 is 5.73 Å². The van der Waals surface area contributed by atoms with Crippen LogP contribution in [0.2, 0.25) is 0 Å². The third kappa shape index (κ3) is 6.33. The van der Waals surface area contributed by atoms with Crippen LogP contribution in [-0.4, -0.2) is 23.6 Å². The summed E-state index contributed by atoms with van der Waals surface area (Å²) in [6, 6.07) is 8.25. The molecule has 0 saturated heterocycles. The Kier molecular flexibility index (Phi) is 5.70. The quantitative estimate of drug-likeness (QED) is 0.831. The van der Waals surface area contributed by atoms with Crippen LogP contribution in [0.25, 0.3) is 0 Å². The first-order valence-electron chi connectivity index (χ1n) is 6.46. The minimum atomic E-state index is -1.01. The molecule has 0 aliphatic carbocycles. The van der Waals surface area contributed by atoms with E-state index in [4.69, 9.17) is 15.2 Å². The molecule has 5 nitrogen and oxygen atoms in total. The van der Waals surface area contributed by atoms with Crippen LogP contribution in [0.3, 0.4) is 0 Å². The zero-order chi connectivity index (χ0) is 15.2. The zero-order valence-corrected chi connectivity index (χ0v) is 12.1. The number of hydrogen-bond donors (Lipinski definition) is 1. The highest BCUT2D eigenvalue weighted by atomic mass is 16.6. The molecule has 0 aliphatic rings. The summed E-state index contributed by atoms with van der Waals surface area (Å²) in [4.78, 5) is 23.2. The number of ether oxygens (including phenoxy) is 2. The average molecular weight is 279 g/mol. The van der Waals surface area contributed by atoms with E-state index in [0.717, 1.165) is 5.56 Å². The highest BCUT2D eigenvalue weighted by molar-refractivity contribution is 5.82. The molecule has 0 amide bonds. The Bertz CT molecular complexity index is 451. The number of carbonyl (C=O) groups excluding carboxylic acids is 2. The lowest BCUT2D eigenvalue weighted by atomic mass is 10.2. The maximum Gasteiger partial charge on any atom is 0.323 e. The smallest absolute Gasteiger partial charge is 0.323 e. The van der Waals surface area contributed by atoms with Crippen molar-refractivity contribution in [2.45, 2.75) is 45.4 Å². The molecule has 1 aromatic carbocycles. The van der Waals surface area contributed by atoms with Gasteiger partial charge in [0.25, 0.3) is 0 Å². The monoisotopic (exact) mass is 279 g/mol. The second-order valence-electron chi connectivity index (χ2n) is 5.49. The van der Waals surface area contributed by atoms with Gasteiger partial charge >= 0.3 is 11.9 Å². The number of esters is 2. The summed E-state index contributed by atoms with van der Waals surface area (Å²) in [5, 5.41) is 0. The first-order chi connectivity index (χ1) is 9.28. The van der Waals surface area contributed by atoms with Crippen LogP contribution >= 0.6 is 0 Å². The summed E-state index contributed by atoms with van der Waals surface area (Å²) in [6.07, 6.45) is -0.190. The summed E-state index contributed by atoms with van der Waals surface area (Å²) in [6.45, 7) is 5.40. The van der Waals surface area contributed by atoms with Gasteiger partial charge in [-0.05, 0) is 26.3 Å². The number of rotatable bonds is 5. The van der Waals surface area contributed by atoms with Crippen molar-refractivity contribution in [3.63, 3.8) is 0 Å². The Morgan fingerprint density at radius 1 is 1.20 bits per heavy atom. The fourth-order valence-corrected chi connectivity index (χ4v) is 1.48. The molecular formula is C15H21NO4. The van der Waals surface area contributed by atoms with Gasteiger partial charge < -0.3 is 15.2 Å². The molecule has 0 heterocycles. The SMILES string of the molecule is CC(C)(C)OC(=O)C[C@@H](N)C(=O)OCc1ccccc1. The lowest BCUT2D eigenvalue weighted by molar-refractivity contribution is -0.159. The zero-order valence-electron chi connectivity index (χ0n) is 12.1. The van der Waals surface area contributed by atoms with Gasteiger partial charge in [0, 0.05) is 0 Å². The molecule has 0 unspecified atom stereocenters. The lowest BCUT2D eigenvalue weighted by Crippen LogP contribution is -2.36. The topological polar surface area (TPSA) is 78.6 Å². The molecule has 0 radical (unpaired) electrons. The third-order valence-electron chi connectivity index (χ3n) is 2.33. The Morgan fingerprint density at radius 3 is 2.35 bits per heavy atom. The van der Waals surface area contributed by atoms with Gasteiger partial charge in [-0.1, -0.05) is 30.3 Å². The first-order valence-corrected chi connectivity index (χ1v) is 6.46. The molecule has 2 N–H and O–H groups in total. The van der Waals surface area contributed by atoms with Crippen LogP contribution in [0.5, 0.6) is 0 Å². The Labute approximate surface area is 119 Å². The molecular weight excluding hydrogens is 258 g/mol. The van der Waals surface area contributed by atoms with E-state index in [9.17, 15) is 9.59 Å². The van der Waals surface area contributed by atoms with Crippen molar-refractivity contribution in [2.75, 3.05) is 0 Å². The van der Waals surface area contributed by atoms with Gasteiger partial charge in [-0.3, -0.25) is 9.59 Å². The second-order valence-corrected chi connectivity index (χ2v) is 5.49. The van der Waals surface area contributed by atoms with Crippen molar-refractivity contribution >= 4 is 11.9 Å². The normalized spacial score (nSPS) is 12.6. The standard InChI is InChI=1S/C15H21NO4/c1-15(2,3)20-13(17)9-12(16)14(18)19-10-11-7-5-4-6-8-11/h4-8,12H,9-10,16H2,1-3H3/t12-/m1/s1. The van der Waals surface area contributed by atoms with Crippen LogP contribution in [-0.2, 0) is 25.7 Å². The van der Waals surface area contributed by atoms with Gasteiger partial charge in [0.15, 0.2) is 0 Å². The van der Waals surface area contributed by atoms with E-state index < -0.39 is 23.6 Å². The predicted octanol–water partition coefficient (Wildman–Crippen LogP) is 1.79. The molecule has 0 fully saturated rings. The van der Waals surface area contributed by atoms with Crippen molar-refractivity contribution in [3.8, 4) is 0 Å². The van der Waals surface area contributed by atoms with Gasteiger partial charge in [0.2, 0.25) is 0 Å². The molecule has 1 atom stereocenters. The van der Waals surface area contributed by atoms with E-state index in [1.165, 1.54) is 0 Å². The molecule has 0 bridgehead atoms. The molecule has 0 aromatic heterocycles. The molecule has 5 heteroatoms. The van der Waals surface area contributed by atoms with Gasteiger partial charge in [0.1, 0.15) is 18.2 Å². The van der Waals surface area contributed by atoms with Gasteiger partial charge in [0.05, 0.1) is 6.42 Å². The second kappa shape index (κ2) is 7.05. The van der Waals surface area contributed by atoms with E-state index in [0.29, 0.717) is 0 Å². The number of carbonyl (C=O) groups is 2. The maximum atomic E-state index is 11.7. The minimum absolute atomic E-state index is 0.141. The number of nitrogens with two attached hydrogens (primary N) is 1. The summed E-state index contributed by atoms with van der Waals surface area (Å²) >= 11 is 0. The number of benzene rings is 1. The largest absolute Gasteiger partial charge is 0.460 e. The van der Waals surface area contributed by atoms with Crippen LogP contribution in [0.4, 0.5) is 0 Å². The lowest BCUT2D eigenvalue weighted by Gasteiger charge is -2.20. The third-order valence-corrected chi connectivity index (χ3v) is 2.33. The summed E-state index contributed by atoms with van der Waals surface area (Å²) in [5.74, 6) is -1.12. The molecule has 0 spiro atoms. The van der Waals surface area contributed by atoms with Crippen molar-refractivity contribution in [1.29, 1.82) is 0 Å². The molecule has 110 valence electrons. The number of hydrogen-bond acceptors (Lipinski definition) is 5. The van der Waals surface area contributed by atoms with E-state index in [2.05, 4.69) is 0 Å². The molecule has 0 aliphatic heterocycles. The van der Waals surface area contributed by atoms with Crippen LogP contribution in [0.15, 0.2) is 30.3 Å². The van der Waals surface area contributed by atoms with Gasteiger partial charge in [-0.25, -0.2) is 0 Å². The van der Waals surface area contributed by atoms with Gasteiger partial charge in [-0.2, -0.15) is 0 Å². The van der Waals surface area contributed by atoms with E-state index >= 15 is 0 Å². The molecule has 0 saturated carbocycles. The molecule has 1 aromatic rings. The van der Waals surface area contributed by atoms with Crippen molar-refractivity contribution in [2.24, 2.45) is 5.73 Å². The van der Waals surface area contributed by atoms with E-state index in [1.54, 1.807) is 20.8 Å². The Morgan fingerprint density at radius 2 is 1.80 bits per heavy atom. The van der Waals surface area contributed by atoms with Gasteiger partial charge in [-0.15, -0.1) is 0 Å².